The first-order valence-electron chi connectivity index (χ1n) is 7.54. The van der Waals surface area contributed by atoms with Gasteiger partial charge in [0.1, 0.15) is 0 Å². The van der Waals surface area contributed by atoms with Crippen LogP contribution < -0.4 is 5.32 Å². The number of hydrogen-bond donors (Lipinski definition) is 1. The van der Waals surface area contributed by atoms with Crippen molar-refractivity contribution in [1.82, 2.24) is 5.32 Å². The topological polar surface area (TPSA) is 72.2 Å². The van der Waals surface area contributed by atoms with Crippen molar-refractivity contribution in [2.45, 2.75) is 33.2 Å². The fourth-order valence-electron chi connectivity index (χ4n) is 2.59. The predicted molar refractivity (Wildman–Crippen MR) is 89.5 cm³/mol. The van der Waals surface area contributed by atoms with E-state index < -0.39 is 4.92 Å². The number of nitro groups is 1. The Kier molecular flexibility index (Phi) is 5.11. The molecule has 0 bridgehead atoms. The first-order chi connectivity index (χ1) is 10.9. The average Bonchev–Trinajstić information content (AvgIpc) is 2.53. The molecule has 5 nitrogen and oxygen atoms in total. The molecule has 0 aromatic heterocycles. The summed E-state index contributed by atoms with van der Waals surface area (Å²) in [6.07, 6.45) is 0.766. The number of rotatable bonds is 5. The van der Waals surface area contributed by atoms with Gasteiger partial charge in [0.25, 0.3) is 11.6 Å². The van der Waals surface area contributed by atoms with Gasteiger partial charge in [0.2, 0.25) is 0 Å². The van der Waals surface area contributed by atoms with Crippen molar-refractivity contribution in [3.8, 4) is 0 Å². The number of nitrogens with one attached hydrogen (secondary N) is 1. The summed E-state index contributed by atoms with van der Waals surface area (Å²) in [5.41, 5.74) is 3.80. The maximum absolute atomic E-state index is 12.4. The van der Waals surface area contributed by atoms with Gasteiger partial charge < -0.3 is 5.32 Å². The quantitative estimate of drug-likeness (QED) is 0.667. The number of carbonyl (C=O) groups is 1. The molecule has 2 aromatic carbocycles. The van der Waals surface area contributed by atoms with Crippen LogP contribution in [0.25, 0.3) is 0 Å². The molecule has 0 radical (unpaired) electrons. The van der Waals surface area contributed by atoms with E-state index in [4.69, 9.17) is 0 Å². The van der Waals surface area contributed by atoms with Crippen LogP contribution in [-0.4, -0.2) is 10.8 Å². The number of nitrogens with zero attached hydrogens (tertiary/aromatic N) is 1. The molecule has 120 valence electrons. The van der Waals surface area contributed by atoms with E-state index in [1.165, 1.54) is 29.8 Å². The lowest BCUT2D eigenvalue weighted by molar-refractivity contribution is -0.384. The highest BCUT2D eigenvalue weighted by Gasteiger charge is 2.16. The molecule has 0 fully saturated rings. The van der Waals surface area contributed by atoms with E-state index in [-0.39, 0.29) is 17.6 Å². The Hall–Kier alpha value is -2.69. The van der Waals surface area contributed by atoms with E-state index >= 15 is 0 Å². The SMILES string of the molecule is CC[C@@H](NC(=O)c1ccc([N+](=O)[O-])cc1)c1ccc(C)cc1C. The molecule has 1 N–H and O–H groups in total. The Morgan fingerprint density at radius 2 is 1.83 bits per heavy atom. The minimum absolute atomic E-state index is 0.0250. The maximum Gasteiger partial charge on any atom is 0.269 e. The van der Waals surface area contributed by atoms with Gasteiger partial charge in [0.05, 0.1) is 11.0 Å². The summed E-state index contributed by atoms with van der Waals surface area (Å²) >= 11 is 0. The zero-order valence-corrected chi connectivity index (χ0v) is 13.5. The van der Waals surface area contributed by atoms with Crippen molar-refractivity contribution in [3.05, 3.63) is 74.8 Å². The highest BCUT2D eigenvalue weighted by atomic mass is 16.6. The first kappa shape index (κ1) is 16.7. The lowest BCUT2D eigenvalue weighted by Gasteiger charge is -2.20. The van der Waals surface area contributed by atoms with Gasteiger partial charge in [-0.1, -0.05) is 30.7 Å². The molecule has 0 aliphatic heterocycles. The van der Waals surface area contributed by atoms with E-state index in [9.17, 15) is 14.9 Å². The summed E-state index contributed by atoms with van der Waals surface area (Å²) in [6.45, 7) is 6.08. The van der Waals surface area contributed by atoms with Crippen LogP contribution in [0, 0.1) is 24.0 Å². The minimum Gasteiger partial charge on any atom is -0.345 e. The molecule has 2 rings (SSSR count). The fraction of sp³-hybridized carbons (Fsp3) is 0.278. The molecule has 0 spiro atoms. The number of benzene rings is 2. The van der Waals surface area contributed by atoms with Gasteiger partial charge in [-0.15, -0.1) is 0 Å². The second-order valence-corrected chi connectivity index (χ2v) is 5.60. The number of hydrogen-bond acceptors (Lipinski definition) is 3. The van der Waals surface area contributed by atoms with Crippen molar-refractivity contribution in [3.63, 3.8) is 0 Å². The third-order valence-electron chi connectivity index (χ3n) is 3.85. The molecule has 0 unspecified atom stereocenters. The van der Waals surface area contributed by atoms with E-state index in [1.54, 1.807) is 0 Å². The molecule has 2 aromatic rings. The van der Waals surface area contributed by atoms with Crippen molar-refractivity contribution in [2.24, 2.45) is 0 Å². The number of aryl methyl sites for hydroxylation is 2. The number of nitro benzene ring substituents is 1. The molecule has 23 heavy (non-hydrogen) atoms. The lowest BCUT2D eigenvalue weighted by atomic mass is 9.97. The molecule has 5 heteroatoms. The van der Waals surface area contributed by atoms with Gasteiger partial charge in [-0.3, -0.25) is 14.9 Å². The smallest absolute Gasteiger partial charge is 0.269 e. The first-order valence-corrected chi connectivity index (χ1v) is 7.54. The molecular weight excluding hydrogens is 292 g/mol. The highest BCUT2D eigenvalue weighted by molar-refractivity contribution is 5.94. The van der Waals surface area contributed by atoms with Gasteiger partial charge in [-0.2, -0.15) is 0 Å². The Balaban J connectivity index is 2.17. The van der Waals surface area contributed by atoms with Gasteiger partial charge in [0, 0.05) is 17.7 Å². The van der Waals surface area contributed by atoms with Crippen LogP contribution in [-0.2, 0) is 0 Å². The molecule has 0 saturated carbocycles. The van der Waals surface area contributed by atoms with Crippen LogP contribution in [0.5, 0.6) is 0 Å². The Morgan fingerprint density at radius 1 is 1.17 bits per heavy atom. The predicted octanol–water partition coefficient (Wildman–Crippen LogP) is 4.09. The highest BCUT2D eigenvalue weighted by Crippen LogP contribution is 2.22. The van der Waals surface area contributed by atoms with Crippen LogP contribution in [0.4, 0.5) is 5.69 Å². The zero-order chi connectivity index (χ0) is 17.0. The molecule has 0 saturated heterocycles. The molecule has 1 atom stereocenters. The van der Waals surface area contributed by atoms with Crippen LogP contribution >= 0.6 is 0 Å². The van der Waals surface area contributed by atoms with Gasteiger partial charge in [-0.05, 0) is 43.5 Å². The Bertz CT molecular complexity index is 724. The van der Waals surface area contributed by atoms with Crippen molar-refractivity contribution < 1.29 is 9.72 Å². The standard InChI is InChI=1S/C18H20N2O3/c1-4-17(16-10-5-12(2)11-13(16)3)19-18(21)14-6-8-15(9-7-14)20(22)23/h5-11,17H,4H2,1-3H3,(H,19,21)/t17-/m1/s1. The second kappa shape index (κ2) is 7.05. The summed E-state index contributed by atoms with van der Waals surface area (Å²) < 4.78 is 0. The van der Waals surface area contributed by atoms with Crippen LogP contribution in [0.3, 0.4) is 0 Å². The van der Waals surface area contributed by atoms with Gasteiger partial charge in [-0.25, -0.2) is 0 Å². The number of amides is 1. The number of non-ortho nitro benzene ring substituents is 1. The molecular formula is C18H20N2O3. The second-order valence-electron chi connectivity index (χ2n) is 5.60. The van der Waals surface area contributed by atoms with Gasteiger partial charge in [0.15, 0.2) is 0 Å². The molecule has 0 aliphatic rings. The minimum atomic E-state index is -0.480. The normalized spacial score (nSPS) is 11.8. The third-order valence-corrected chi connectivity index (χ3v) is 3.85. The molecule has 0 heterocycles. The van der Waals surface area contributed by atoms with Crippen molar-refractivity contribution in [2.75, 3.05) is 0 Å². The summed E-state index contributed by atoms with van der Waals surface area (Å²) in [7, 11) is 0. The summed E-state index contributed by atoms with van der Waals surface area (Å²) in [4.78, 5) is 22.5. The Morgan fingerprint density at radius 3 is 2.35 bits per heavy atom. The summed E-state index contributed by atoms with van der Waals surface area (Å²) in [6, 6.07) is 11.7. The van der Waals surface area contributed by atoms with E-state index in [1.807, 2.05) is 32.9 Å². The van der Waals surface area contributed by atoms with Crippen LogP contribution in [0.1, 0.15) is 46.4 Å². The van der Waals surface area contributed by atoms with Crippen LogP contribution in [0.15, 0.2) is 42.5 Å². The zero-order valence-electron chi connectivity index (χ0n) is 13.5. The van der Waals surface area contributed by atoms with Crippen molar-refractivity contribution >= 4 is 11.6 Å². The largest absolute Gasteiger partial charge is 0.345 e. The van der Waals surface area contributed by atoms with Gasteiger partial charge >= 0.3 is 0 Å². The average molecular weight is 312 g/mol. The maximum atomic E-state index is 12.4. The van der Waals surface area contributed by atoms with E-state index in [0.717, 1.165) is 17.5 Å². The number of carbonyl (C=O) groups excluding carboxylic acids is 1. The summed E-state index contributed by atoms with van der Waals surface area (Å²) in [5.74, 6) is -0.230. The monoisotopic (exact) mass is 312 g/mol. The van der Waals surface area contributed by atoms with Crippen LogP contribution in [0.2, 0.25) is 0 Å². The fourth-order valence-corrected chi connectivity index (χ4v) is 2.59. The molecule has 1 amide bonds. The lowest BCUT2D eigenvalue weighted by Crippen LogP contribution is -2.28. The molecule has 0 aliphatic carbocycles. The third kappa shape index (κ3) is 3.94. The van der Waals surface area contributed by atoms with Crippen molar-refractivity contribution in [1.29, 1.82) is 0 Å². The Labute approximate surface area is 135 Å². The summed E-state index contributed by atoms with van der Waals surface area (Å²) in [5, 5.41) is 13.7. The van der Waals surface area contributed by atoms with E-state index in [0.29, 0.717) is 5.56 Å². The van der Waals surface area contributed by atoms with E-state index in [2.05, 4.69) is 11.4 Å².